The predicted molar refractivity (Wildman–Crippen MR) is 128 cm³/mol. The number of likely N-dealkylation sites (N-methyl/N-ethyl adjacent to an activating group) is 1. The third-order valence-corrected chi connectivity index (χ3v) is 7.22. The summed E-state index contributed by atoms with van der Waals surface area (Å²) in [6.45, 7) is 1.10. The number of hydrogen-bond acceptors (Lipinski definition) is 7. The molecule has 0 aliphatic rings. The Balaban J connectivity index is 0.00000320. The second-order valence-electron chi connectivity index (χ2n) is 6.89. The lowest BCUT2D eigenvalue weighted by atomic mass is 10.2. The molecule has 3 rings (SSSR count). The van der Waals surface area contributed by atoms with Gasteiger partial charge in [0.15, 0.2) is 15.0 Å². The molecule has 0 saturated heterocycles. The number of aromatic nitrogens is 1. The van der Waals surface area contributed by atoms with Gasteiger partial charge in [0.1, 0.15) is 0 Å². The lowest BCUT2D eigenvalue weighted by Gasteiger charge is -2.22. The summed E-state index contributed by atoms with van der Waals surface area (Å²) in [7, 11) is 0.484. The Bertz CT molecular complexity index is 1150. The zero-order valence-electron chi connectivity index (χ0n) is 17.2. The van der Waals surface area contributed by atoms with Gasteiger partial charge in [0.2, 0.25) is 0 Å². The van der Waals surface area contributed by atoms with Gasteiger partial charge in [-0.2, -0.15) is 0 Å². The van der Waals surface area contributed by atoms with E-state index in [2.05, 4.69) is 11.1 Å². The first kappa shape index (κ1) is 24.6. The van der Waals surface area contributed by atoms with E-state index >= 15 is 0 Å². The van der Waals surface area contributed by atoms with Crippen molar-refractivity contribution in [1.29, 1.82) is 0 Å². The minimum Gasteiger partial charge on any atom is -0.308 e. The fourth-order valence-electron chi connectivity index (χ4n) is 2.73. The second-order valence-corrected chi connectivity index (χ2v) is 10.8. The van der Waals surface area contributed by atoms with E-state index in [0.717, 1.165) is 21.4 Å². The van der Waals surface area contributed by atoms with E-state index in [-0.39, 0.29) is 23.2 Å². The molecule has 162 valence electrons. The van der Waals surface area contributed by atoms with Gasteiger partial charge in [0.25, 0.3) is 5.91 Å². The van der Waals surface area contributed by atoms with Crippen molar-refractivity contribution < 1.29 is 13.2 Å². The molecule has 30 heavy (non-hydrogen) atoms. The van der Waals surface area contributed by atoms with E-state index in [1.165, 1.54) is 23.5 Å². The van der Waals surface area contributed by atoms with Gasteiger partial charge in [-0.15, -0.1) is 24.2 Å². The molecule has 0 unspecified atom stereocenters. The molecule has 6 nitrogen and oxygen atoms in total. The van der Waals surface area contributed by atoms with Gasteiger partial charge in [-0.3, -0.25) is 9.69 Å². The molecule has 1 amide bonds. The smallest absolute Gasteiger partial charge is 0.260 e. The minimum absolute atomic E-state index is 0. The number of hydrogen-bond donors (Lipinski definition) is 0. The first-order chi connectivity index (χ1) is 13.7. The van der Waals surface area contributed by atoms with Crippen molar-refractivity contribution in [2.24, 2.45) is 0 Å². The van der Waals surface area contributed by atoms with Gasteiger partial charge >= 0.3 is 0 Å². The number of anilines is 1. The number of rotatable bonds is 7. The molecule has 10 heteroatoms. The molecule has 0 radical (unpaired) electrons. The molecule has 0 bridgehead atoms. The molecule has 0 fully saturated rings. The average molecular weight is 486 g/mol. The summed E-state index contributed by atoms with van der Waals surface area (Å²) < 4.78 is 24.8. The molecule has 0 aliphatic carbocycles. The molecule has 0 saturated carbocycles. The van der Waals surface area contributed by atoms with Crippen LogP contribution in [0.1, 0.15) is 10.4 Å². The first-order valence-electron chi connectivity index (χ1n) is 8.90. The van der Waals surface area contributed by atoms with Gasteiger partial charge in [0, 0.05) is 29.8 Å². The van der Waals surface area contributed by atoms with E-state index < -0.39 is 9.84 Å². The van der Waals surface area contributed by atoms with Crippen LogP contribution in [0.2, 0.25) is 0 Å². The molecule has 2 aromatic carbocycles. The Hall–Kier alpha value is -1.65. The molecule has 0 atom stereocenters. The molecular formula is C20H24ClN3O3S3. The normalized spacial score (nSPS) is 11.5. The summed E-state index contributed by atoms with van der Waals surface area (Å²) in [6, 6.07) is 12.2. The number of sulfone groups is 1. The van der Waals surface area contributed by atoms with Crippen molar-refractivity contribution in [2.45, 2.75) is 9.79 Å². The van der Waals surface area contributed by atoms with Gasteiger partial charge in [0.05, 0.1) is 15.1 Å². The molecule has 1 heterocycles. The minimum atomic E-state index is -3.40. The maximum Gasteiger partial charge on any atom is 0.260 e. The highest BCUT2D eigenvalue weighted by atomic mass is 35.5. The van der Waals surface area contributed by atoms with Gasteiger partial charge in [-0.25, -0.2) is 13.4 Å². The van der Waals surface area contributed by atoms with Crippen LogP contribution in [0.4, 0.5) is 5.13 Å². The molecule has 0 N–H and O–H groups in total. The largest absolute Gasteiger partial charge is 0.308 e. The number of halogens is 1. The number of fused-ring (bicyclic) bond motifs is 1. The summed E-state index contributed by atoms with van der Waals surface area (Å²) in [5.41, 5.74) is 1.17. The van der Waals surface area contributed by atoms with E-state index in [4.69, 9.17) is 0 Å². The number of carbonyl (C=O) groups is 1. The van der Waals surface area contributed by atoms with Crippen LogP contribution in [0, 0.1) is 0 Å². The van der Waals surface area contributed by atoms with E-state index in [0.29, 0.717) is 23.8 Å². The number of nitrogens with zero attached hydrogens (tertiary/aromatic N) is 3. The zero-order valence-corrected chi connectivity index (χ0v) is 20.4. The number of amides is 1. The van der Waals surface area contributed by atoms with Gasteiger partial charge in [-0.1, -0.05) is 17.4 Å². The van der Waals surface area contributed by atoms with Crippen molar-refractivity contribution >= 4 is 66.6 Å². The van der Waals surface area contributed by atoms with Crippen molar-refractivity contribution in [3.63, 3.8) is 0 Å². The Morgan fingerprint density at radius 1 is 1.13 bits per heavy atom. The highest BCUT2D eigenvalue weighted by Crippen LogP contribution is 2.32. The Labute approximate surface area is 191 Å². The standard InChI is InChI=1S/C20H23N3O3S3.ClH/c1-22(2)10-11-23(19(24)14-6-5-7-16(12-14)29(4,25)26)20-21-17-9-8-15(27-3)13-18(17)28-20;/h5-9,12-13H,10-11H2,1-4H3;1H. The summed E-state index contributed by atoms with van der Waals surface area (Å²) in [5.74, 6) is -0.263. The zero-order chi connectivity index (χ0) is 21.2. The predicted octanol–water partition coefficient (Wildman–Crippen LogP) is 4.05. The molecular weight excluding hydrogens is 462 g/mol. The lowest BCUT2D eigenvalue weighted by molar-refractivity contribution is 0.0985. The number of thioether (sulfide) groups is 1. The number of thiazole rings is 1. The SMILES string of the molecule is CSc1ccc2nc(N(CCN(C)C)C(=O)c3cccc(S(C)(=O)=O)c3)sc2c1.Cl. The number of carbonyl (C=O) groups excluding carboxylic acids is 1. The van der Waals surface area contributed by atoms with Crippen LogP contribution in [0.15, 0.2) is 52.3 Å². The Morgan fingerprint density at radius 2 is 1.87 bits per heavy atom. The van der Waals surface area contributed by atoms with Crippen LogP contribution in [-0.2, 0) is 9.84 Å². The summed E-state index contributed by atoms with van der Waals surface area (Å²) >= 11 is 3.12. The maximum atomic E-state index is 13.3. The fraction of sp³-hybridized carbons (Fsp3) is 0.300. The average Bonchev–Trinajstić information content (AvgIpc) is 3.09. The molecule has 1 aromatic heterocycles. The van der Waals surface area contributed by atoms with E-state index in [1.807, 2.05) is 37.4 Å². The monoisotopic (exact) mass is 485 g/mol. The second kappa shape index (κ2) is 10.1. The Morgan fingerprint density at radius 3 is 2.50 bits per heavy atom. The van der Waals surface area contributed by atoms with Crippen LogP contribution < -0.4 is 4.90 Å². The first-order valence-corrected chi connectivity index (χ1v) is 12.8. The van der Waals surface area contributed by atoms with Crippen molar-refractivity contribution in [3.05, 3.63) is 48.0 Å². The summed E-state index contributed by atoms with van der Waals surface area (Å²) in [4.78, 5) is 22.9. The highest BCUT2D eigenvalue weighted by Gasteiger charge is 2.22. The van der Waals surface area contributed by atoms with Crippen LogP contribution in [0.3, 0.4) is 0 Å². The topological polar surface area (TPSA) is 70.6 Å². The summed E-state index contributed by atoms with van der Waals surface area (Å²) in [5, 5.41) is 0.606. The molecule has 0 spiro atoms. The third kappa shape index (κ3) is 5.73. The third-order valence-electron chi connectivity index (χ3n) is 4.34. The van der Waals surface area contributed by atoms with Crippen molar-refractivity contribution in [2.75, 3.05) is 44.6 Å². The van der Waals surface area contributed by atoms with Gasteiger partial charge in [-0.05, 0) is 56.7 Å². The van der Waals surface area contributed by atoms with Crippen LogP contribution >= 0.6 is 35.5 Å². The summed E-state index contributed by atoms with van der Waals surface area (Å²) in [6.07, 6.45) is 3.15. The van der Waals surface area contributed by atoms with Crippen LogP contribution in [0.5, 0.6) is 0 Å². The van der Waals surface area contributed by atoms with E-state index in [9.17, 15) is 13.2 Å². The van der Waals surface area contributed by atoms with E-state index in [1.54, 1.807) is 28.8 Å². The van der Waals surface area contributed by atoms with Crippen LogP contribution in [0.25, 0.3) is 10.2 Å². The van der Waals surface area contributed by atoms with Crippen molar-refractivity contribution in [3.8, 4) is 0 Å². The molecule has 0 aliphatic heterocycles. The molecule has 3 aromatic rings. The lowest BCUT2D eigenvalue weighted by Crippen LogP contribution is -2.36. The highest BCUT2D eigenvalue weighted by molar-refractivity contribution is 7.98. The van der Waals surface area contributed by atoms with Crippen molar-refractivity contribution in [1.82, 2.24) is 9.88 Å². The number of benzene rings is 2. The Kier molecular flexibility index (Phi) is 8.29. The van der Waals surface area contributed by atoms with Gasteiger partial charge < -0.3 is 4.90 Å². The maximum absolute atomic E-state index is 13.3. The quantitative estimate of drug-likeness (QED) is 0.470. The van der Waals surface area contributed by atoms with Crippen LogP contribution in [-0.4, -0.2) is 63.9 Å². The fourth-order valence-corrected chi connectivity index (χ4v) is 4.95.